The van der Waals surface area contributed by atoms with Gasteiger partial charge in [0.25, 0.3) is 5.78 Å². The van der Waals surface area contributed by atoms with E-state index in [4.69, 9.17) is 11.6 Å². The number of carbonyl (C=O) groups is 2. The fourth-order valence-corrected chi connectivity index (χ4v) is 1.45. The van der Waals surface area contributed by atoms with E-state index in [-0.39, 0.29) is 10.6 Å². The van der Waals surface area contributed by atoms with Crippen LogP contribution in [0.15, 0.2) is 12.1 Å². The zero-order valence-corrected chi connectivity index (χ0v) is 10.2. The molecule has 0 saturated carbocycles. The fourth-order valence-electron chi connectivity index (χ4n) is 1.19. The van der Waals surface area contributed by atoms with Gasteiger partial charge in [-0.3, -0.25) is 9.59 Å². The van der Waals surface area contributed by atoms with Crippen molar-refractivity contribution < 1.29 is 31.9 Å². The van der Waals surface area contributed by atoms with Crippen molar-refractivity contribution in [2.24, 2.45) is 0 Å². The number of alkyl halides is 3. The molecule has 0 unspecified atom stereocenters. The van der Waals surface area contributed by atoms with Gasteiger partial charge in [0.05, 0.1) is 10.6 Å². The molecule has 0 spiro atoms. The van der Waals surface area contributed by atoms with E-state index >= 15 is 0 Å². The largest absolute Gasteiger partial charge is 0.483 e. The zero-order valence-electron chi connectivity index (χ0n) is 9.48. The van der Waals surface area contributed by atoms with Crippen molar-refractivity contribution in [1.29, 1.82) is 0 Å². The van der Waals surface area contributed by atoms with Crippen LogP contribution in [0.4, 0.5) is 17.6 Å². The Morgan fingerprint density at radius 1 is 1.32 bits per heavy atom. The van der Waals surface area contributed by atoms with Crippen LogP contribution in [-0.2, 0) is 4.79 Å². The minimum atomic E-state index is -5.05. The minimum absolute atomic E-state index is 0.333. The maximum absolute atomic E-state index is 13.0. The quantitative estimate of drug-likeness (QED) is 0.633. The second kappa shape index (κ2) is 5.56. The summed E-state index contributed by atoms with van der Waals surface area (Å²) in [7, 11) is 0. The standard InChI is InChI=1S/C11H7ClF4O3/c1-5(17)7-2-6(13)3-8(12)10(7)19-4-9(18)11(14,15)16/h2-3H,4H2,1H3. The van der Waals surface area contributed by atoms with Crippen molar-refractivity contribution in [3.63, 3.8) is 0 Å². The highest BCUT2D eigenvalue weighted by Crippen LogP contribution is 2.31. The topological polar surface area (TPSA) is 43.4 Å². The first-order chi connectivity index (χ1) is 8.62. The second-order valence-electron chi connectivity index (χ2n) is 3.53. The first kappa shape index (κ1) is 15.4. The Balaban J connectivity index is 3.01. The second-order valence-corrected chi connectivity index (χ2v) is 3.94. The van der Waals surface area contributed by atoms with Gasteiger partial charge in [0.2, 0.25) is 0 Å². The van der Waals surface area contributed by atoms with Crippen LogP contribution in [0.3, 0.4) is 0 Å². The van der Waals surface area contributed by atoms with Gasteiger partial charge in [-0.1, -0.05) is 11.6 Å². The molecule has 3 nitrogen and oxygen atoms in total. The van der Waals surface area contributed by atoms with Gasteiger partial charge in [0.1, 0.15) is 11.6 Å². The number of hydrogen-bond acceptors (Lipinski definition) is 3. The molecule has 0 N–H and O–H groups in total. The van der Waals surface area contributed by atoms with Crippen LogP contribution < -0.4 is 4.74 Å². The summed E-state index contributed by atoms with van der Waals surface area (Å²) in [5.74, 6) is -4.09. The highest BCUT2D eigenvalue weighted by molar-refractivity contribution is 6.32. The summed E-state index contributed by atoms with van der Waals surface area (Å²) in [5.41, 5.74) is -0.333. The first-order valence-electron chi connectivity index (χ1n) is 4.85. The van der Waals surface area contributed by atoms with E-state index in [0.29, 0.717) is 0 Å². The summed E-state index contributed by atoms with van der Waals surface area (Å²) >= 11 is 5.57. The average Bonchev–Trinajstić information content (AvgIpc) is 2.24. The van der Waals surface area contributed by atoms with Crippen LogP contribution in [0.25, 0.3) is 0 Å². The molecule has 0 bridgehead atoms. The third-order valence-electron chi connectivity index (χ3n) is 2.05. The van der Waals surface area contributed by atoms with Gasteiger partial charge in [0, 0.05) is 0 Å². The lowest BCUT2D eigenvalue weighted by Crippen LogP contribution is -2.28. The molecule has 1 aromatic carbocycles. The van der Waals surface area contributed by atoms with Crippen LogP contribution in [0.5, 0.6) is 5.75 Å². The lowest BCUT2D eigenvalue weighted by molar-refractivity contribution is -0.173. The monoisotopic (exact) mass is 298 g/mol. The van der Waals surface area contributed by atoms with Crippen LogP contribution in [-0.4, -0.2) is 24.3 Å². The van der Waals surface area contributed by atoms with E-state index < -0.39 is 35.9 Å². The normalized spacial score (nSPS) is 11.3. The van der Waals surface area contributed by atoms with Crippen molar-refractivity contribution in [2.75, 3.05) is 6.61 Å². The first-order valence-corrected chi connectivity index (χ1v) is 5.23. The van der Waals surface area contributed by atoms with Crippen LogP contribution in [0, 0.1) is 5.82 Å². The molecule has 8 heteroatoms. The molecule has 0 aliphatic heterocycles. The molecule has 0 atom stereocenters. The Morgan fingerprint density at radius 2 is 1.89 bits per heavy atom. The van der Waals surface area contributed by atoms with Crippen molar-refractivity contribution >= 4 is 23.2 Å². The molecule has 0 aliphatic rings. The Morgan fingerprint density at radius 3 is 2.37 bits per heavy atom. The number of ketones is 2. The molecule has 0 aromatic heterocycles. The Kier molecular flexibility index (Phi) is 4.52. The lowest BCUT2D eigenvalue weighted by Gasteiger charge is -2.12. The van der Waals surface area contributed by atoms with Crippen molar-refractivity contribution in [3.8, 4) is 5.75 Å². The summed E-state index contributed by atoms with van der Waals surface area (Å²) in [5, 5.41) is -0.389. The third-order valence-corrected chi connectivity index (χ3v) is 2.33. The smallest absolute Gasteiger partial charge is 0.453 e. The van der Waals surface area contributed by atoms with E-state index in [1.54, 1.807) is 0 Å². The van der Waals surface area contributed by atoms with E-state index in [9.17, 15) is 27.2 Å². The van der Waals surface area contributed by atoms with E-state index in [2.05, 4.69) is 4.74 Å². The minimum Gasteiger partial charge on any atom is -0.483 e. The van der Waals surface area contributed by atoms with Crippen molar-refractivity contribution in [3.05, 3.63) is 28.5 Å². The van der Waals surface area contributed by atoms with Crippen LogP contribution >= 0.6 is 11.6 Å². The predicted molar refractivity (Wildman–Crippen MR) is 58.0 cm³/mol. The summed E-state index contributed by atoms with van der Waals surface area (Å²) in [6, 6.07) is 1.53. The number of Topliss-reactive ketones (excluding diaryl/α,β-unsaturated/α-hetero) is 2. The third kappa shape index (κ3) is 3.92. The average molecular weight is 299 g/mol. The molecule has 1 rings (SSSR count). The number of rotatable bonds is 4. The summed E-state index contributed by atoms with van der Waals surface area (Å²) in [4.78, 5) is 21.8. The molecule has 0 saturated heterocycles. The molecule has 1 aromatic rings. The molecule has 19 heavy (non-hydrogen) atoms. The summed E-state index contributed by atoms with van der Waals surface area (Å²) in [6.07, 6.45) is -5.05. The van der Waals surface area contributed by atoms with Crippen molar-refractivity contribution in [1.82, 2.24) is 0 Å². The number of benzene rings is 1. The van der Waals surface area contributed by atoms with Gasteiger partial charge in [0.15, 0.2) is 12.4 Å². The molecule has 0 heterocycles. The highest BCUT2D eigenvalue weighted by atomic mass is 35.5. The Bertz CT molecular complexity index is 525. The molecule has 0 aliphatic carbocycles. The van der Waals surface area contributed by atoms with Gasteiger partial charge < -0.3 is 4.74 Å². The van der Waals surface area contributed by atoms with Gasteiger partial charge in [-0.2, -0.15) is 13.2 Å². The molecule has 0 amide bonds. The summed E-state index contributed by atoms with van der Waals surface area (Å²) < 4.78 is 53.6. The fraction of sp³-hybridized carbons (Fsp3) is 0.273. The van der Waals surface area contributed by atoms with Gasteiger partial charge in [-0.05, 0) is 19.1 Å². The van der Waals surface area contributed by atoms with Gasteiger partial charge in [-0.15, -0.1) is 0 Å². The summed E-state index contributed by atoms with van der Waals surface area (Å²) in [6.45, 7) is -0.279. The molecule has 0 fully saturated rings. The molecule has 104 valence electrons. The Labute approximate surface area is 110 Å². The number of halogens is 5. The Hall–Kier alpha value is -1.63. The molecule has 0 radical (unpaired) electrons. The predicted octanol–water partition coefficient (Wildman–Crippen LogP) is 3.19. The lowest BCUT2D eigenvalue weighted by atomic mass is 10.1. The van der Waals surface area contributed by atoms with E-state index in [1.807, 2.05) is 0 Å². The van der Waals surface area contributed by atoms with Gasteiger partial charge >= 0.3 is 6.18 Å². The maximum atomic E-state index is 13.0. The van der Waals surface area contributed by atoms with E-state index in [0.717, 1.165) is 19.1 Å². The maximum Gasteiger partial charge on any atom is 0.453 e. The molecular weight excluding hydrogens is 292 g/mol. The highest BCUT2D eigenvalue weighted by Gasteiger charge is 2.38. The van der Waals surface area contributed by atoms with Crippen LogP contribution in [0.1, 0.15) is 17.3 Å². The number of carbonyl (C=O) groups excluding carboxylic acids is 2. The zero-order chi connectivity index (χ0) is 14.8. The van der Waals surface area contributed by atoms with Crippen LogP contribution in [0.2, 0.25) is 5.02 Å². The SMILES string of the molecule is CC(=O)c1cc(F)cc(Cl)c1OCC(=O)C(F)(F)F. The number of ether oxygens (including phenoxy) is 1. The van der Waals surface area contributed by atoms with E-state index in [1.165, 1.54) is 0 Å². The van der Waals surface area contributed by atoms with Crippen molar-refractivity contribution in [2.45, 2.75) is 13.1 Å². The number of hydrogen-bond donors (Lipinski definition) is 0. The van der Waals surface area contributed by atoms with Gasteiger partial charge in [-0.25, -0.2) is 4.39 Å². The molecular formula is C11H7ClF4O3.